The molecule has 6 heteroatoms. The molecule has 1 saturated carbocycles. The summed E-state index contributed by atoms with van der Waals surface area (Å²) in [6, 6.07) is 7.64. The summed E-state index contributed by atoms with van der Waals surface area (Å²) in [5.74, 6) is 1.28. The van der Waals surface area contributed by atoms with Crippen LogP contribution in [0.2, 0.25) is 0 Å². The zero-order valence-corrected chi connectivity index (χ0v) is 15.5. The molecule has 2 aromatic heterocycles. The summed E-state index contributed by atoms with van der Waals surface area (Å²) in [5, 5.41) is 8.23. The second kappa shape index (κ2) is 6.22. The van der Waals surface area contributed by atoms with Crippen molar-refractivity contribution in [2.24, 2.45) is 0 Å². The van der Waals surface area contributed by atoms with Crippen LogP contribution < -0.4 is 9.64 Å². The van der Waals surface area contributed by atoms with E-state index < -0.39 is 0 Å². The summed E-state index contributed by atoms with van der Waals surface area (Å²) in [6.45, 7) is 4.05. The fourth-order valence-electron chi connectivity index (χ4n) is 3.74. The highest BCUT2D eigenvalue weighted by molar-refractivity contribution is 5.94. The first-order chi connectivity index (χ1) is 13.1. The van der Waals surface area contributed by atoms with Crippen molar-refractivity contribution in [3.8, 4) is 17.0 Å². The molecule has 2 aliphatic rings. The number of nitrogens with one attached hydrogen (secondary N) is 1. The molecule has 0 radical (unpaired) electrons. The number of pyridine rings is 1. The predicted molar refractivity (Wildman–Crippen MR) is 104 cm³/mol. The van der Waals surface area contributed by atoms with Gasteiger partial charge in [-0.3, -0.25) is 5.10 Å². The van der Waals surface area contributed by atoms with Crippen molar-refractivity contribution < 1.29 is 9.13 Å². The molecule has 1 N–H and O–H groups in total. The average molecular weight is 366 g/mol. The minimum absolute atomic E-state index is 0.0546. The fraction of sp³-hybridized carbons (Fsp3) is 0.429. The molecule has 3 heterocycles. The zero-order valence-electron chi connectivity index (χ0n) is 15.5. The maximum absolute atomic E-state index is 14.6. The Hall–Kier alpha value is -2.63. The van der Waals surface area contributed by atoms with E-state index in [0.29, 0.717) is 11.3 Å². The third kappa shape index (κ3) is 3.13. The van der Waals surface area contributed by atoms with Crippen LogP contribution in [-0.4, -0.2) is 33.9 Å². The Morgan fingerprint density at radius 1 is 1.15 bits per heavy atom. The van der Waals surface area contributed by atoms with Gasteiger partial charge < -0.3 is 9.64 Å². The van der Waals surface area contributed by atoms with Crippen LogP contribution in [0.5, 0.6) is 5.75 Å². The van der Waals surface area contributed by atoms with E-state index in [0.717, 1.165) is 61.2 Å². The molecule has 1 saturated heterocycles. The summed E-state index contributed by atoms with van der Waals surface area (Å²) in [7, 11) is 0. The third-order valence-corrected chi connectivity index (χ3v) is 5.63. The lowest BCUT2D eigenvalue weighted by atomic mass is 10.1. The maximum Gasteiger partial charge on any atom is 0.151 e. The number of anilines is 1. The van der Waals surface area contributed by atoms with E-state index in [2.05, 4.69) is 27.0 Å². The summed E-state index contributed by atoms with van der Waals surface area (Å²) in [4.78, 5) is 6.55. The molecule has 2 fully saturated rings. The van der Waals surface area contributed by atoms with Gasteiger partial charge in [-0.25, -0.2) is 9.37 Å². The normalized spacial score (nSPS) is 18.7. The van der Waals surface area contributed by atoms with Gasteiger partial charge in [-0.05, 0) is 63.3 Å². The van der Waals surface area contributed by atoms with Crippen LogP contribution in [-0.2, 0) is 0 Å². The van der Waals surface area contributed by atoms with E-state index >= 15 is 0 Å². The summed E-state index contributed by atoms with van der Waals surface area (Å²) < 4.78 is 20.7. The van der Waals surface area contributed by atoms with Gasteiger partial charge in [0.2, 0.25) is 0 Å². The topological polar surface area (TPSA) is 54.0 Å². The number of ether oxygens (including phenoxy) is 1. The van der Waals surface area contributed by atoms with E-state index in [9.17, 15) is 4.39 Å². The Morgan fingerprint density at radius 2 is 1.96 bits per heavy atom. The molecule has 27 heavy (non-hydrogen) atoms. The number of benzene rings is 1. The van der Waals surface area contributed by atoms with Gasteiger partial charge >= 0.3 is 0 Å². The predicted octanol–water partition coefficient (Wildman–Crippen LogP) is 4.69. The first-order valence-corrected chi connectivity index (χ1v) is 9.69. The van der Waals surface area contributed by atoms with Crippen LogP contribution in [0.1, 0.15) is 39.0 Å². The minimum Gasteiger partial charge on any atom is -0.488 e. The summed E-state index contributed by atoms with van der Waals surface area (Å²) in [5.41, 5.74) is 1.92. The number of aromatic amines is 1. The lowest BCUT2D eigenvalue weighted by molar-refractivity contribution is 0.200. The van der Waals surface area contributed by atoms with Gasteiger partial charge in [-0.1, -0.05) is 0 Å². The van der Waals surface area contributed by atoms with Gasteiger partial charge in [0, 0.05) is 24.0 Å². The number of piperidine rings is 1. The quantitative estimate of drug-likeness (QED) is 0.728. The van der Waals surface area contributed by atoms with E-state index in [1.807, 2.05) is 24.3 Å². The number of H-pyrrole nitrogens is 1. The van der Waals surface area contributed by atoms with Crippen LogP contribution in [0.15, 0.2) is 30.5 Å². The molecule has 1 aliphatic carbocycles. The Labute approximate surface area is 157 Å². The monoisotopic (exact) mass is 366 g/mol. The molecule has 0 bridgehead atoms. The number of fused-ring (bicyclic) bond motifs is 1. The van der Waals surface area contributed by atoms with Crippen LogP contribution >= 0.6 is 0 Å². The Kier molecular flexibility index (Phi) is 3.81. The largest absolute Gasteiger partial charge is 0.488 e. The number of rotatable bonds is 4. The van der Waals surface area contributed by atoms with Crippen LogP contribution in [0.3, 0.4) is 0 Å². The van der Waals surface area contributed by atoms with Gasteiger partial charge in [0.25, 0.3) is 0 Å². The van der Waals surface area contributed by atoms with E-state index in [1.165, 1.54) is 12.6 Å². The van der Waals surface area contributed by atoms with Gasteiger partial charge in [0.05, 0.1) is 17.4 Å². The van der Waals surface area contributed by atoms with Gasteiger partial charge in [-0.2, -0.15) is 5.10 Å². The van der Waals surface area contributed by atoms with Crippen molar-refractivity contribution in [2.45, 2.75) is 44.6 Å². The molecule has 5 rings (SSSR count). The molecule has 0 amide bonds. The molecule has 1 aromatic carbocycles. The maximum atomic E-state index is 14.6. The van der Waals surface area contributed by atoms with Crippen molar-refractivity contribution in [1.82, 2.24) is 15.2 Å². The standard InChI is InChI=1S/C21H23FN4O/c1-21(7-8-21)27-14-5-6-18-16(11-14)20(25-24-18)15-12-19(23-13-17(15)22)26-9-3-2-4-10-26/h5-6,11-13H,2-4,7-10H2,1H3,(H,24,25). The number of hydrogen-bond acceptors (Lipinski definition) is 4. The van der Waals surface area contributed by atoms with Crippen molar-refractivity contribution in [2.75, 3.05) is 18.0 Å². The van der Waals surface area contributed by atoms with Crippen LogP contribution in [0.4, 0.5) is 10.2 Å². The van der Waals surface area contributed by atoms with Gasteiger partial charge in [-0.15, -0.1) is 0 Å². The molecule has 1 aliphatic heterocycles. The highest BCUT2D eigenvalue weighted by Gasteiger charge is 2.40. The number of hydrogen-bond donors (Lipinski definition) is 1. The van der Waals surface area contributed by atoms with Gasteiger partial charge in [0.1, 0.15) is 17.2 Å². The second-order valence-corrected chi connectivity index (χ2v) is 7.90. The van der Waals surface area contributed by atoms with Crippen molar-refractivity contribution in [3.05, 3.63) is 36.3 Å². The third-order valence-electron chi connectivity index (χ3n) is 5.63. The molecular weight excluding hydrogens is 343 g/mol. The first-order valence-electron chi connectivity index (χ1n) is 9.69. The molecule has 3 aromatic rings. The van der Waals surface area contributed by atoms with Crippen LogP contribution in [0, 0.1) is 5.82 Å². The SMILES string of the molecule is CC1(Oc2ccc3n[nH]c(-c4cc(N5CCCCC5)ncc4F)c3c2)CC1. The highest BCUT2D eigenvalue weighted by atomic mass is 19.1. The van der Waals surface area contributed by atoms with Crippen molar-refractivity contribution in [3.63, 3.8) is 0 Å². The molecule has 140 valence electrons. The average Bonchev–Trinajstić information content (AvgIpc) is 3.26. The van der Waals surface area contributed by atoms with E-state index in [-0.39, 0.29) is 11.4 Å². The minimum atomic E-state index is -0.346. The molecule has 0 spiro atoms. The molecule has 0 atom stereocenters. The lowest BCUT2D eigenvalue weighted by Crippen LogP contribution is -2.30. The molecule has 5 nitrogen and oxygen atoms in total. The Balaban J connectivity index is 1.55. The van der Waals surface area contributed by atoms with Crippen molar-refractivity contribution in [1.29, 1.82) is 0 Å². The zero-order chi connectivity index (χ0) is 18.4. The smallest absolute Gasteiger partial charge is 0.151 e. The highest BCUT2D eigenvalue weighted by Crippen LogP contribution is 2.41. The Morgan fingerprint density at radius 3 is 2.74 bits per heavy atom. The van der Waals surface area contributed by atoms with Crippen molar-refractivity contribution >= 4 is 16.7 Å². The Bertz CT molecular complexity index is 989. The van der Waals surface area contributed by atoms with Gasteiger partial charge in [0.15, 0.2) is 5.82 Å². The fourth-order valence-corrected chi connectivity index (χ4v) is 3.74. The number of aromatic nitrogens is 3. The lowest BCUT2D eigenvalue weighted by Gasteiger charge is -2.28. The molecule has 0 unspecified atom stereocenters. The van der Waals surface area contributed by atoms with Crippen LogP contribution in [0.25, 0.3) is 22.2 Å². The number of nitrogens with zero attached hydrogens (tertiary/aromatic N) is 3. The summed E-state index contributed by atoms with van der Waals surface area (Å²) >= 11 is 0. The first kappa shape index (κ1) is 16.5. The van der Waals surface area contributed by atoms with E-state index in [4.69, 9.17) is 4.74 Å². The molecular formula is C21H23FN4O. The second-order valence-electron chi connectivity index (χ2n) is 7.90. The number of halogens is 1. The summed E-state index contributed by atoms with van der Waals surface area (Å²) in [6.07, 6.45) is 7.01. The van der Waals surface area contributed by atoms with E-state index in [1.54, 1.807) is 0 Å².